The van der Waals surface area contributed by atoms with E-state index in [2.05, 4.69) is 21.9 Å². The minimum Gasteiger partial charge on any atom is -0.369 e. The lowest BCUT2D eigenvalue weighted by Crippen LogP contribution is -2.04. The number of rotatable bonds is 3. The van der Waals surface area contributed by atoms with Crippen molar-refractivity contribution >= 4 is 40.0 Å². The first-order valence-electron chi connectivity index (χ1n) is 5.88. The van der Waals surface area contributed by atoms with Crippen molar-refractivity contribution in [1.82, 2.24) is 19.5 Å². The second-order valence-corrected chi connectivity index (χ2v) is 5.76. The van der Waals surface area contributed by atoms with Gasteiger partial charge in [-0.3, -0.25) is 4.57 Å². The smallest absolute Gasteiger partial charge is 0.202 e. The Morgan fingerprint density at radius 3 is 2.95 bits per heavy atom. The van der Waals surface area contributed by atoms with Gasteiger partial charge in [0.1, 0.15) is 10.5 Å². The van der Waals surface area contributed by atoms with Crippen LogP contribution in [-0.4, -0.2) is 19.5 Å². The summed E-state index contributed by atoms with van der Waals surface area (Å²) in [6, 6.07) is 1.76. The Balaban J connectivity index is 2.02. The van der Waals surface area contributed by atoms with Gasteiger partial charge in [-0.25, -0.2) is 15.0 Å². The van der Waals surface area contributed by atoms with Crippen molar-refractivity contribution < 1.29 is 0 Å². The molecule has 0 atom stereocenters. The van der Waals surface area contributed by atoms with E-state index in [1.54, 1.807) is 23.6 Å². The highest BCUT2D eigenvalue weighted by Gasteiger charge is 2.12. The second kappa shape index (κ2) is 4.79. The monoisotopic (exact) mass is 293 g/mol. The summed E-state index contributed by atoms with van der Waals surface area (Å²) < 4.78 is 1.85. The summed E-state index contributed by atoms with van der Waals surface area (Å²) in [5.74, 6) is 0.429. The molecule has 0 aliphatic rings. The fraction of sp³-hybridized carbons (Fsp3) is 0.250. The number of hydrogen-bond acceptors (Lipinski definition) is 5. The maximum absolute atomic E-state index is 5.94. The first kappa shape index (κ1) is 12.4. The number of nitrogens with zero attached hydrogens (tertiary/aromatic N) is 4. The number of pyridine rings is 1. The molecular weight excluding hydrogens is 282 g/mol. The number of hydrogen-bond donors (Lipinski definition) is 1. The van der Waals surface area contributed by atoms with Crippen LogP contribution in [0.5, 0.6) is 0 Å². The number of thiazole rings is 1. The predicted octanol–water partition coefficient (Wildman–Crippen LogP) is 2.73. The van der Waals surface area contributed by atoms with Crippen LogP contribution in [0.2, 0.25) is 5.02 Å². The lowest BCUT2D eigenvalue weighted by molar-refractivity contribution is 0.819. The van der Waals surface area contributed by atoms with Crippen LogP contribution in [0.25, 0.3) is 11.2 Å². The fourth-order valence-corrected chi connectivity index (χ4v) is 2.88. The number of imidazole rings is 1. The number of fused-ring (bicyclic) bond motifs is 1. The van der Waals surface area contributed by atoms with E-state index in [0.29, 0.717) is 23.0 Å². The van der Waals surface area contributed by atoms with Gasteiger partial charge in [0, 0.05) is 17.3 Å². The second-order valence-electron chi connectivity index (χ2n) is 4.13. The number of aryl methyl sites for hydroxylation is 1. The van der Waals surface area contributed by atoms with Crippen molar-refractivity contribution in [3.63, 3.8) is 0 Å². The van der Waals surface area contributed by atoms with Gasteiger partial charge >= 0.3 is 0 Å². The lowest BCUT2D eigenvalue weighted by Gasteiger charge is -2.02. The van der Waals surface area contributed by atoms with E-state index in [9.17, 15) is 0 Å². The van der Waals surface area contributed by atoms with Crippen molar-refractivity contribution in [3.8, 4) is 0 Å². The highest BCUT2D eigenvalue weighted by molar-refractivity contribution is 7.11. The average Bonchev–Trinajstić information content (AvgIpc) is 2.95. The number of nitrogens with two attached hydrogens (primary N) is 1. The molecule has 3 heterocycles. The van der Waals surface area contributed by atoms with E-state index in [1.165, 1.54) is 4.88 Å². The van der Waals surface area contributed by atoms with Gasteiger partial charge in [-0.1, -0.05) is 18.5 Å². The van der Waals surface area contributed by atoms with Gasteiger partial charge in [-0.2, -0.15) is 0 Å². The Morgan fingerprint density at radius 2 is 2.21 bits per heavy atom. The minimum atomic E-state index is 0.429. The molecule has 0 aromatic carbocycles. The van der Waals surface area contributed by atoms with Crippen LogP contribution in [0.15, 0.2) is 18.5 Å². The zero-order valence-electron chi connectivity index (χ0n) is 10.3. The maximum Gasteiger partial charge on any atom is 0.202 e. The van der Waals surface area contributed by atoms with Gasteiger partial charge in [0.05, 0.1) is 11.6 Å². The molecule has 98 valence electrons. The minimum absolute atomic E-state index is 0.429. The van der Waals surface area contributed by atoms with Crippen molar-refractivity contribution in [3.05, 3.63) is 33.4 Å². The normalized spacial score (nSPS) is 11.3. The largest absolute Gasteiger partial charge is 0.369 e. The van der Waals surface area contributed by atoms with Gasteiger partial charge in [0.2, 0.25) is 5.95 Å². The third-order valence-corrected chi connectivity index (χ3v) is 4.16. The average molecular weight is 294 g/mol. The Labute approximate surface area is 119 Å². The first-order valence-corrected chi connectivity index (χ1v) is 7.07. The highest BCUT2D eigenvalue weighted by atomic mass is 35.5. The standard InChI is InChI=1S/C12H12ClN5S/c1-2-8-5-15-10(19-8)6-18-11-9(17-12(18)14)3-7(13)4-16-11/h3-5H,2,6H2,1H3,(H2,14,17). The number of aromatic nitrogens is 4. The first-order chi connectivity index (χ1) is 9.17. The zero-order chi connectivity index (χ0) is 13.4. The molecule has 19 heavy (non-hydrogen) atoms. The molecule has 3 rings (SSSR count). The van der Waals surface area contributed by atoms with Crippen LogP contribution in [0, 0.1) is 0 Å². The molecule has 0 spiro atoms. The van der Waals surface area contributed by atoms with Crippen molar-refractivity contribution in [2.45, 2.75) is 19.9 Å². The molecule has 5 nitrogen and oxygen atoms in total. The SMILES string of the molecule is CCc1cnc(Cn2c(N)nc3cc(Cl)cnc32)s1. The zero-order valence-corrected chi connectivity index (χ0v) is 11.9. The molecule has 7 heteroatoms. The van der Waals surface area contributed by atoms with E-state index in [4.69, 9.17) is 17.3 Å². The fourth-order valence-electron chi connectivity index (χ4n) is 1.88. The lowest BCUT2D eigenvalue weighted by atomic mass is 10.4. The van der Waals surface area contributed by atoms with Crippen LogP contribution in [-0.2, 0) is 13.0 Å². The number of nitrogen functional groups attached to an aromatic ring is 1. The highest BCUT2D eigenvalue weighted by Crippen LogP contribution is 2.22. The van der Waals surface area contributed by atoms with E-state index in [1.807, 2.05) is 10.8 Å². The molecule has 0 aliphatic heterocycles. The summed E-state index contributed by atoms with van der Waals surface area (Å²) in [6.45, 7) is 2.70. The summed E-state index contributed by atoms with van der Waals surface area (Å²) in [4.78, 5) is 14.2. The molecule has 2 N–H and O–H groups in total. The van der Waals surface area contributed by atoms with Gasteiger partial charge in [0.25, 0.3) is 0 Å². The number of anilines is 1. The third kappa shape index (κ3) is 2.29. The molecule has 0 bridgehead atoms. The van der Waals surface area contributed by atoms with E-state index >= 15 is 0 Å². The quantitative estimate of drug-likeness (QED) is 0.806. The molecule has 3 aromatic rings. The summed E-state index contributed by atoms with van der Waals surface area (Å²) in [5.41, 5.74) is 7.37. The van der Waals surface area contributed by atoms with Gasteiger partial charge in [-0.15, -0.1) is 11.3 Å². The molecule has 3 aromatic heterocycles. The summed E-state index contributed by atoms with van der Waals surface area (Å²) in [7, 11) is 0. The summed E-state index contributed by atoms with van der Waals surface area (Å²) in [5, 5.41) is 1.55. The van der Waals surface area contributed by atoms with Gasteiger partial charge in [0.15, 0.2) is 5.65 Å². The molecule has 0 aliphatic carbocycles. The Hall–Kier alpha value is -1.66. The van der Waals surface area contributed by atoms with E-state index in [-0.39, 0.29) is 0 Å². The van der Waals surface area contributed by atoms with Crippen LogP contribution < -0.4 is 5.73 Å². The Kier molecular flexibility index (Phi) is 3.12. The molecule has 0 unspecified atom stereocenters. The summed E-state index contributed by atoms with van der Waals surface area (Å²) in [6.07, 6.45) is 4.49. The molecule has 0 saturated carbocycles. The van der Waals surface area contributed by atoms with Crippen LogP contribution in [0.3, 0.4) is 0 Å². The Morgan fingerprint density at radius 1 is 1.37 bits per heavy atom. The van der Waals surface area contributed by atoms with Crippen LogP contribution in [0.4, 0.5) is 5.95 Å². The van der Waals surface area contributed by atoms with Crippen LogP contribution in [0.1, 0.15) is 16.8 Å². The van der Waals surface area contributed by atoms with E-state index < -0.39 is 0 Å². The maximum atomic E-state index is 5.94. The molecule has 0 fully saturated rings. The molecule has 0 amide bonds. The predicted molar refractivity (Wildman–Crippen MR) is 77.5 cm³/mol. The van der Waals surface area contributed by atoms with Crippen molar-refractivity contribution in [2.75, 3.05) is 5.73 Å². The Bertz CT molecular complexity index is 733. The van der Waals surface area contributed by atoms with E-state index in [0.717, 1.165) is 17.1 Å². The van der Waals surface area contributed by atoms with Gasteiger partial charge < -0.3 is 5.73 Å². The van der Waals surface area contributed by atoms with Crippen molar-refractivity contribution in [1.29, 1.82) is 0 Å². The van der Waals surface area contributed by atoms with Gasteiger partial charge in [-0.05, 0) is 12.5 Å². The molecule has 0 radical (unpaired) electrons. The molecule has 0 saturated heterocycles. The number of halogens is 1. The topological polar surface area (TPSA) is 69.6 Å². The third-order valence-electron chi connectivity index (χ3n) is 2.82. The molecular formula is C12H12ClN5S. The van der Waals surface area contributed by atoms with Crippen molar-refractivity contribution in [2.24, 2.45) is 0 Å². The van der Waals surface area contributed by atoms with Crippen LogP contribution >= 0.6 is 22.9 Å². The summed E-state index contributed by atoms with van der Waals surface area (Å²) >= 11 is 7.58.